The molecular weight excluding hydrogens is 721 g/mol. The van der Waals surface area contributed by atoms with Crippen molar-refractivity contribution in [2.24, 2.45) is 0 Å². The summed E-state index contributed by atoms with van der Waals surface area (Å²) in [5.41, 5.74) is 4.23. The number of aromatic nitrogens is 5. The number of carbonyl (C=O) groups is 2. The monoisotopic (exact) mass is 768 g/mol. The van der Waals surface area contributed by atoms with E-state index in [9.17, 15) is 9.59 Å². The maximum absolute atomic E-state index is 13.6. The highest BCUT2D eigenvalue weighted by atomic mass is 16.5. The number of rotatable bonds is 12. The van der Waals surface area contributed by atoms with Gasteiger partial charge in [0.15, 0.2) is 0 Å². The first-order valence-electron chi connectivity index (χ1n) is 19.0. The lowest BCUT2D eigenvalue weighted by Gasteiger charge is -2.33. The molecule has 3 N–H and O–H groups in total. The Morgan fingerprint density at radius 2 is 1.58 bits per heavy atom. The molecule has 0 atom stereocenters. The number of ether oxygens (including phenoxy) is 2. The number of piperazine rings is 1. The lowest BCUT2D eigenvalue weighted by Crippen LogP contribution is -2.48. The fraction of sp³-hybridized carbons (Fsp3) is 0.302. The van der Waals surface area contributed by atoms with Gasteiger partial charge in [-0.1, -0.05) is 64.1 Å². The van der Waals surface area contributed by atoms with Gasteiger partial charge < -0.3 is 29.9 Å². The molecule has 0 spiro atoms. The third kappa shape index (κ3) is 9.36. The Morgan fingerprint density at radius 3 is 2.32 bits per heavy atom. The number of amides is 3. The summed E-state index contributed by atoms with van der Waals surface area (Å²) in [6.45, 7) is 13.2. The van der Waals surface area contributed by atoms with Crippen molar-refractivity contribution in [3.05, 3.63) is 120 Å². The summed E-state index contributed by atoms with van der Waals surface area (Å²) in [7, 11) is 1.66. The summed E-state index contributed by atoms with van der Waals surface area (Å²) >= 11 is 0. The van der Waals surface area contributed by atoms with Gasteiger partial charge in [-0.2, -0.15) is 5.10 Å². The summed E-state index contributed by atoms with van der Waals surface area (Å²) in [5, 5.41) is 15.8. The van der Waals surface area contributed by atoms with Crippen molar-refractivity contribution in [2.45, 2.75) is 46.3 Å². The molecule has 1 saturated heterocycles. The van der Waals surface area contributed by atoms with Gasteiger partial charge in [0.2, 0.25) is 0 Å². The number of carbonyl (C=O) groups excluding carboxylic acids is 2. The van der Waals surface area contributed by atoms with Crippen LogP contribution in [-0.2, 0) is 23.4 Å². The predicted octanol–water partition coefficient (Wildman–Crippen LogP) is 7.40. The summed E-state index contributed by atoms with van der Waals surface area (Å²) < 4.78 is 13.4. The van der Waals surface area contributed by atoms with E-state index in [2.05, 4.69) is 63.5 Å². The van der Waals surface area contributed by atoms with Crippen LogP contribution < -0.4 is 20.7 Å². The van der Waals surface area contributed by atoms with E-state index in [1.807, 2.05) is 83.8 Å². The molecule has 0 bridgehead atoms. The molecule has 0 unspecified atom stereocenters. The van der Waals surface area contributed by atoms with Crippen molar-refractivity contribution in [2.75, 3.05) is 55.8 Å². The van der Waals surface area contributed by atoms with Crippen LogP contribution in [0.3, 0.4) is 0 Å². The zero-order valence-electron chi connectivity index (χ0n) is 33.0. The SMILES string of the molecule is CCN1CCN(C(=O)c2cnc(Nc3cc(COc4ccc(NC(=O)Nc5cc(C(C)(C)C)nn5-c5cccc(COC)c5)c5ccccc45)ccn3)cn2)CC1. The number of fused-ring (bicyclic) bond motifs is 1. The minimum absolute atomic E-state index is 0.110. The third-order valence-electron chi connectivity index (χ3n) is 9.77. The van der Waals surface area contributed by atoms with Crippen LogP contribution in [0.1, 0.15) is 55.0 Å². The Bertz CT molecular complexity index is 2350. The van der Waals surface area contributed by atoms with Crippen LogP contribution in [0.2, 0.25) is 0 Å². The Morgan fingerprint density at radius 1 is 0.789 bits per heavy atom. The quantitative estimate of drug-likeness (QED) is 0.115. The molecule has 57 heavy (non-hydrogen) atoms. The van der Waals surface area contributed by atoms with Gasteiger partial charge in [0.05, 0.1) is 36.1 Å². The highest BCUT2D eigenvalue weighted by Crippen LogP contribution is 2.33. The average Bonchev–Trinajstić information content (AvgIpc) is 3.65. The largest absolute Gasteiger partial charge is 0.488 e. The second-order valence-corrected chi connectivity index (χ2v) is 14.9. The molecule has 14 nitrogen and oxygen atoms in total. The number of hydrogen-bond acceptors (Lipinski definition) is 10. The fourth-order valence-corrected chi connectivity index (χ4v) is 6.61. The van der Waals surface area contributed by atoms with Crippen LogP contribution in [0.15, 0.2) is 97.5 Å². The molecule has 7 rings (SSSR count). The van der Waals surface area contributed by atoms with Gasteiger partial charge in [-0.05, 0) is 54.1 Å². The number of methoxy groups -OCH3 is 1. The first kappa shape index (κ1) is 38.9. The fourth-order valence-electron chi connectivity index (χ4n) is 6.61. The summed E-state index contributed by atoms with van der Waals surface area (Å²) in [6, 6.07) is 24.6. The Hall–Kier alpha value is -6.38. The summed E-state index contributed by atoms with van der Waals surface area (Å²) in [4.78, 5) is 43.9. The van der Waals surface area contributed by atoms with Crippen molar-refractivity contribution in [1.29, 1.82) is 0 Å². The van der Waals surface area contributed by atoms with E-state index >= 15 is 0 Å². The molecule has 294 valence electrons. The minimum Gasteiger partial charge on any atom is -0.488 e. The standard InChI is InChI=1S/C43H48N10O4/c1-6-51-18-20-52(21-19-51)41(54)35-25-46-39(26-45-35)48-38-23-30(16-17-44-38)28-57-36-15-14-34(32-12-7-8-13-33(32)36)47-42(55)49-40-24-37(43(2,3)4)50-53(40)31-11-9-10-29(22-31)27-56-5/h7-17,22-26H,6,18-21,27-28H2,1-5H3,(H,44,46,48)(H2,47,49,55). The van der Waals surface area contributed by atoms with Crippen LogP contribution in [-0.4, -0.2) is 86.3 Å². The van der Waals surface area contributed by atoms with Crippen molar-refractivity contribution < 1.29 is 19.1 Å². The van der Waals surface area contributed by atoms with Crippen LogP contribution in [0.25, 0.3) is 16.5 Å². The van der Waals surface area contributed by atoms with E-state index in [-0.39, 0.29) is 17.9 Å². The average molecular weight is 769 g/mol. The molecule has 1 aliphatic rings. The van der Waals surface area contributed by atoms with Gasteiger partial charge in [-0.25, -0.2) is 24.4 Å². The Labute approximate surface area is 332 Å². The van der Waals surface area contributed by atoms with Crippen LogP contribution in [0.5, 0.6) is 5.75 Å². The lowest BCUT2D eigenvalue weighted by atomic mass is 9.92. The Balaban J connectivity index is 1.01. The van der Waals surface area contributed by atoms with E-state index in [4.69, 9.17) is 14.6 Å². The lowest BCUT2D eigenvalue weighted by molar-refractivity contribution is 0.0637. The second kappa shape index (κ2) is 17.2. The minimum atomic E-state index is -0.406. The first-order valence-corrected chi connectivity index (χ1v) is 19.0. The third-order valence-corrected chi connectivity index (χ3v) is 9.77. The first-order chi connectivity index (χ1) is 27.6. The number of benzene rings is 3. The molecule has 0 radical (unpaired) electrons. The number of nitrogens with one attached hydrogen (secondary N) is 3. The molecule has 1 aliphatic heterocycles. The molecule has 3 aromatic heterocycles. The highest BCUT2D eigenvalue weighted by Gasteiger charge is 2.24. The number of pyridine rings is 1. The van der Waals surface area contributed by atoms with E-state index in [1.165, 1.54) is 6.20 Å². The van der Waals surface area contributed by atoms with E-state index < -0.39 is 6.03 Å². The maximum atomic E-state index is 13.6. The van der Waals surface area contributed by atoms with Crippen LogP contribution in [0, 0.1) is 0 Å². The number of anilines is 4. The molecular formula is C43H48N10O4. The Kier molecular flexibility index (Phi) is 11.7. The van der Waals surface area contributed by atoms with Crippen molar-refractivity contribution >= 4 is 45.9 Å². The van der Waals surface area contributed by atoms with E-state index in [0.29, 0.717) is 54.3 Å². The molecule has 3 aromatic carbocycles. The molecule has 6 aromatic rings. The molecule has 0 saturated carbocycles. The number of likely N-dealkylation sites (N-methyl/N-ethyl adjacent to an activating group) is 1. The zero-order chi connectivity index (χ0) is 39.9. The molecule has 0 aliphatic carbocycles. The summed E-state index contributed by atoms with van der Waals surface area (Å²) in [6.07, 6.45) is 4.74. The maximum Gasteiger partial charge on any atom is 0.324 e. The highest BCUT2D eigenvalue weighted by molar-refractivity contribution is 6.07. The van der Waals surface area contributed by atoms with E-state index in [0.717, 1.165) is 52.9 Å². The normalized spacial score (nSPS) is 13.4. The summed E-state index contributed by atoms with van der Waals surface area (Å²) in [5.74, 6) is 2.13. The topological polar surface area (TPSA) is 152 Å². The van der Waals surface area contributed by atoms with Gasteiger partial charge in [0.1, 0.15) is 35.5 Å². The van der Waals surface area contributed by atoms with Crippen LogP contribution in [0.4, 0.5) is 27.9 Å². The van der Waals surface area contributed by atoms with Gasteiger partial charge in [-0.15, -0.1) is 0 Å². The van der Waals surface area contributed by atoms with Crippen molar-refractivity contribution in [3.8, 4) is 11.4 Å². The predicted molar refractivity (Wildman–Crippen MR) is 221 cm³/mol. The molecule has 3 amide bonds. The molecule has 4 heterocycles. The van der Waals surface area contributed by atoms with Crippen molar-refractivity contribution in [3.63, 3.8) is 0 Å². The van der Waals surface area contributed by atoms with Gasteiger partial charge >= 0.3 is 6.03 Å². The number of nitrogens with zero attached hydrogens (tertiary/aromatic N) is 7. The van der Waals surface area contributed by atoms with Gasteiger partial charge in [-0.3, -0.25) is 10.1 Å². The molecule has 1 fully saturated rings. The number of urea groups is 1. The zero-order valence-corrected chi connectivity index (χ0v) is 33.0. The second-order valence-electron chi connectivity index (χ2n) is 14.9. The van der Waals surface area contributed by atoms with Gasteiger partial charge in [0, 0.05) is 61.7 Å². The van der Waals surface area contributed by atoms with Gasteiger partial charge in [0.25, 0.3) is 5.91 Å². The van der Waals surface area contributed by atoms with Crippen LogP contribution >= 0.6 is 0 Å². The van der Waals surface area contributed by atoms with Crippen molar-refractivity contribution in [1.82, 2.24) is 34.5 Å². The smallest absolute Gasteiger partial charge is 0.324 e. The molecule has 14 heteroatoms. The number of hydrogen-bond donors (Lipinski definition) is 3. The van der Waals surface area contributed by atoms with E-state index in [1.54, 1.807) is 24.2 Å².